The number of hydrogen-bond donors (Lipinski definition) is 7. The Morgan fingerprint density at radius 3 is 2.00 bits per heavy atom. The molecule has 2 heterocycles. The second-order valence-corrected chi connectivity index (χ2v) is 7.30. The number of rotatable bonds is 13. The van der Waals surface area contributed by atoms with Crippen molar-refractivity contribution >= 4 is 6.47 Å². The van der Waals surface area contributed by atoms with Gasteiger partial charge in [-0.15, -0.1) is 0 Å². The van der Waals surface area contributed by atoms with Crippen LogP contribution in [0.1, 0.15) is 0 Å². The van der Waals surface area contributed by atoms with Crippen LogP contribution < -0.4 is 5.32 Å². The summed E-state index contributed by atoms with van der Waals surface area (Å²) < 4.78 is 32.2. The maximum atomic E-state index is 10.9. The lowest BCUT2D eigenvalue weighted by atomic mass is 9.97. The van der Waals surface area contributed by atoms with Gasteiger partial charge >= 0.3 is 0 Å². The molecular weight excluding hydrogens is 438 g/mol. The first-order chi connectivity index (χ1) is 15.4. The molecule has 14 nitrogen and oxygen atoms in total. The zero-order valence-corrected chi connectivity index (χ0v) is 17.6. The summed E-state index contributed by atoms with van der Waals surface area (Å²) in [7, 11) is 1.77. The van der Waals surface area contributed by atoms with E-state index in [1.165, 1.54) is 0 Å². The van der Waals surface area contributed by atoms with E-state index < -0.39 is 74.6 Å². The molecule has 1 unspecified atom stereocenters. The van der Waals surface area contributed by atoms with Gasteiger partial charge < -0.3 is 64.4 Å². The van der Waals surface area contributed by atoms with Crippen molar-refractivity contribution in [3.8, 4) is 0 Å². The van der Waals surface area contributed by atoms with Crippen LogP contribution >= 0.6 is 0 Å². The van der Waals surface area contributed by atoms with Crippen LogP contribution in [0.5, 0.6) is 0 Å². The number of likely N-dealkylation sites (N-methyl/N-ethyl adjacent to an activating group) is 1. The van der Waals surface area contributed by atoms with Gasteiger partial charge in [0.25, 0.3) is 6.47 Å². The highest BCUT2D eigenvalue weighted by Crippen LogP contribution is 2.30. The van der Waals surface area contributed by atoms with Crippen molar-refractivity contribution in [3.05, 3.63) is 0 Å². The summed E-state index contributed by atoms with van der Waals surface area (Å²) >= 11 is 0. The molecule has 7 N–H and O–H groups in total. The monoisotopic (exact) mass is 471 g/mol. The van der Waals surface area contributed by atoms with Gasteiger partial charge in [-0.05, 0) is 7.05 Å². The zero-order chi connectivity index (χ0) is 23.7. The van der Waals surface area contributed by atoms with Gasteiger partial charge in [0.2, 0.25) is 0 Å². The van der Waals surface area contributed by atoms with E-state index in [0.717, 1.165) is 0 Å². The van der Waals surface area contributed by atoms with Crippen LogP contribution in [0.2, 0.25) is 0 Å². The Morgan fingerprint density at radius 2 is 1.44 bits per heavy atom. The van der Waals surface area contributed by atoms with Crippen molar-refractivity contribution in [3.63, 3.8) is 0 Å². The predicted molar refractivity (Wildman–Crippen MR) is 102 cm³/mol. The maximum Gasteiger partial charge on any atom is 0.293 e. The number of carbonyl (C=O) groups is 1. The Bertz CT molecular complexity index is 543. The molecule has 2 aliphatic rings. The summed E-state index contributed by atoms with van der Waals surface area (Å²) in [6.07, 6.45) is -14.7. The minimum atomic E-state index is -1.67. The molecule has 14 heteroatoms. The van der Waals surface area contributed by atoms with Crippen LogP contribution in [0, 0.1) is 0 Å². The molecule has 0 aromatic rings. The molecule has 10 atom stereocenters. The van der Waals surface area contributed by atoms with E-state index in [2.05, 4.69) is 5.32 Å². The second kappa shape index (κ2) is 13.6. The minimum absolute atomic E-state index is 0.00952. The molecule has 2 fully saturated rings. The summed E-state index contributed by atoms with van der Waals surface area (Å²) in [5.41, 5.74) is 0. The Kier molecular flexibility index (Phi) is 11.6. The van der Waals surface area contributed by atoms with Crippen LogP contribution in [-0.4, -0.2) is 145 Å². The van der Waals surface area contributed by atoms with E-state index in [-0.39, 0.29) is 19.7 Å². The van der Waals surface area contributed by atoms with E-state index in [4.69, 9.17) is 28.4 Å². The highest BCUT2D eigenvalue weighted by atomic mass is 16.8. The van der Waals surface area contributed by atoms with Gasteiger partial charge in [0.1, 0.15) is 42.7 Å². The van der Waals surface area contributed by atoms with Crippen molar-refractivity contribution < 1.29 is 63.9 Å². The molecule has 0 aliphatic carbocycles. The van der Waals surface area contributed by atoms with Gasteiger partial charge in [-0.25, -0.2) is 0 Å². The summed E-state index contributed by atoms with van der Waals surface area (Å²) in [6, 6.07) is 0. The molecule has 188 valence electrons. The summed E-state index contributed by atoms with van der Waals surface area (Å²) in [5.74, 6) is 0. The summed E-state index contributed by atoms with van der Waals surface area (Å²) in [6.45, 7) is -0.0522. The van der Waals surface area contributed by atoms with Crippen LogP contribution in [0.4, 0.5) is 0 Å². The van der Waals surface area contributed by atoms with Crippen molar-refractivity contribution in [1.29, 1.82) is 0 Å². The van der Waals surface area contributed by atoms with Crippen molar-refractivity contribution in [1.82, 2.24) is 5.32 Å². The Morgan fingerprint density at radius 1 is 0.844 bits per heavy atom. The lowest BCUT2D eigenvalue weighted by Crippen LogP contribution is -2.65. The first-order valence-corrected chi connectivity index (χ1v) is 10.2. The molecule has 32 heavy (non-hydrogen) atoms. The smallest absolute Gasteiger partial charge is 0.293 e. The molecule has 0 spiro atoms. The van der Waals surface area contributed by atoms with Gasteiger partial charge in [-0.2, -0.15) is 0 Å². The lowest BCUT2D eigenvalue weighted by Gasteiger charge is -2.46. The summed E-state index contributed by atoms with van der Waals surface area (Å²) in [4.78, 5) is 10.9. The van der Waals surface area contributed by atoms with E-state index in [9.17, 15) is 35.4 Å². The standard InChI is InChI=1S/C18H33NO13/c1-19-2-3-27-4-5-28-17-16(14(26)12(24)9(6-20)30-17)32-18-15(29-8-22)13(25)11(23)10(7-21)31-18/h8-21,23-26H,2-7H2,1H3/t9-,10+,11+,12+,13-,14-,15-,16-,17?,18+/m0/s1. The number of hydrogen-bond acceptors (Lipinski definition) is 14. The van der Waals surface area contributed by atoms with Crippen LogP contribution in [0.3, 0.4) is 0 Å². The number of carbonyl (C=O) groups excluding carboxylic acids is 1. The molecule has 2 rings (SSSR count). The highest BCUT2D eigenvalue weighted by Gasteiger charge is 2.52. The molecule has 0 bridgehead atoms. The van der Waals surface area contributed by atoms with Crippen LogP contribution in [0.15, 0.2) is 0 Å². The molecule has 0 radical (unpaired) electrons. The summed E-state index contributed by atoms with van der Waals surface area (Å²) in [5, 5.41) is 62.7. The maximum absolute atomic E-state index is 10.9. The van der Waals surface area contributed by atoms with Gasteiger partial charge in [-0.3, -0.25) is 4.79 Å². The Labute approximate surface area is 184 Å². The zero-order valence-electron chi connectivity index (χ0n) is 17.6. The fourth-order valence-corrected chi connectivity index (χ4v) is 3.36. The average molecular weight is 471 g/mol. The molecule has 2 aliphatic heterocycles. The number of ether oxygens (including phenoxy) is 6. The second-order valence-electron chi connectivity index (χ2n) is 7.30. The average Bonchev–Trinajstić information content (AvgIpc) is 2.79. The topological polar surface area (TPSA) is 206 Å². The van der Waals surface area contributed by atoms with Gasteiger partial charge in [0.05, 0.1) is 33.0 Å². The minimum Gasteiger partial charge on any atom is -0.456 e. The van der Waals surface area contributed by atoms with Gasteiger partial charge in [-0.1, -0.05) is 0 Å². The van der Waals surface area contributed by atoms with Gasteiger partial charge in [0, 0.05) is 6.54 Å². The largest absolute Gasteiger partial charge is 0.456 e. The first kappa shape index (κ1) is 27.2. The number of nitrogens with one attached hydrogen (secondary N) is 1. The van der Waals surface area contributed by atoms with Crippen LogP contribution in [0.25, 0.3) is 0 Å². The molecule has 2 saturated heterocycles. The first-order valence-electron chi connectivity index (χ1n) is 10.2. The SMILES string of the molecule is CNCCOCCOC1O[C@@H](CO)[C@@H](O)[C@H](O)[C@@H]1O[C@H]1O[C@H](CO)[C@@H](O)[C@H](O)[C@@H]1OC=O. The van der Waals surface area contributed by atoms with Crippen molar-refractivity contribution in [2.24, 2.45) is 0 Å². The third-order valence-electron chi connectivity index (χ3n) is 5.16. The molecule has 0 saturated carbocycles. The normalized spacial score (nSPS) is 40.2. The van der Waals surface area contributed by atoms with E-state index in [0.29, 0.717) is 13.2 Å². The predicted octanol–water partition coefficient (Wildman–Crippen LogP) is -4.96. The van der Waals surface area contributed by atoms with E-state index in [1.807, 2.05) is 0 Å². The highest BCUT2D eigenvalue weighted by molar-refractivity contribution is 5.37. The fraction of sp³-hybridized carbons (Fsp3) is 0.944. The van der Waals surface area contributed by atoms with Crippen molar-refractivity contribution in [2.75, 3.05) is 46.6 Å². The third-order valence-corrected chi connectivity index (χ3v) is 5.16. The third kappa shape index (κ3) is 6.75. The van der Waals surface area contributed by atoms with Crippen LogP contribution in [-0.2, 0) is 33.2 Å². The Balaban J connectivity index is 2.12. The number of aliphatic hydroxyl groups is 6. The molecule has 0 amide bonds. The van der Waals surface area contributed by atoms with E-state index in [1.54, 1.807) is 7.05 Å². The Hall–Kier alpha value is -1.01. The molecule has 0 aromatic carbocycles. The molecule has 0 aromatic heterocycles. The van der Waals surface area contributed by atoms with Gasteiger partial charge in [0.15, 0.2) is 18.7 Å². The molecular formula is C18H33NO13. The van der Waals surface area contributed by atoms with Crippen molar-refractivity contribution in [2.45, 2.75) is 61.4 Å². The lowest BCUT2D eigenvalue weighted by molar-refractivity contribution is -0.367. The fourth-order valence-electron chi connectivity index (χ4n) is 3.36. The number of aliphatic hydroxyl groups excluding tert-OH is 6. The quantitative estimate of drug-likeness (QED) is 0.0993. The van der Waals surface area contributed by atoms with E-state index >= 15 is 0 Å².